The fourth-order valence-corrected chi connectivity index (χ4v) is 14.4. The van der Waals surface area contributed by atoms with Crippen molar-refractivity contribution < 1.29 is 57.5 Å². The number of aryl methyl sites for hydroxylation is 1. The molecule has 6 rings (SSSR count). The quantitative estimate of drug-likeness (QED) is 0.283. The van der Waals surface area contributed by atoms with Crippen molar-refractivity contribution in [3.8, 4) is 0 Å². The smallest absolute Gasteiger partial charge is 0.248 e. The molecule has 3 N–H and O–H groups in total. The van der Waals surface area contributed by atoms with Crippen molar-refractivity contribution in [2.45, 2.75) is 204 Å². The lowest BCUT2D eigenvalue weighted by Crippen LogP contribution is -2.65. The van der Waals surface area contributed by atoms with Crippen LogP contribution in [0.25, 0.3) is 0 Å². The number of amides is 12. The molecule has 1 aromatic rings. The predicted molar refractivity (Wildman–Crippen MR) is 353 cm³/mol. The van der Waals surface area contributed by atoms with Gasteiger partial charge in [-0.2, -0.15) is 0 Å². The molecular formula is C66H101Cl3N12O12. The summed E-state index contributed by atoms with van der Waals surface area (Å²) in [6, 6.07) is -5.21. The molecule has 8 atom stereocenters. The monoisotopic (exact) mass is 1360 g/mol. The summed E-state index contributed by atoms with van der Waals surface area (Å²) >= 11 is 19.2. The number of rotatable bonds is 9. The lowest BCUT2D eigenvalue weighted by atomic mass is 9.84. The van der Waals surface area contributed by atoms with Gasteiger partial charge < -0.3 is 60.0 Å². The lowest BCUT2D eigenvalue weighted by molar-refractivity contribution is -0.156. The zero-order valence-electron chi connectivity index (χ0n) is 56.7. The molecule has 0 bridgehead atoms. The van der Waals surface area contributed by atoms with Crippen LogP contribution in [-0.4, -0.2) is 251 Å². The summed E-state index contributed by atoms with van der Waals surface area (Å²) in [7, 11) is 9.98. The molecule has 5 aliphatic rings. The molecule has 1 aromatic carbocycles. The second-order valence-electron chi connectivity index (χ2n) is 27.1. The van der Waals surface area contributed by atoms with Crippen molar-refractivity contribution in [3.63, 3.8) is 0 Å². The zero-order chi connectivity index (χ0) is 68.9. The van der Waals surface area contributed by atoms with Gasteiger partial charge in [0.2, 0.25) is 70.9 Å². The fraction of sp³-hybridized carbons (Fsp3) is 0.727. The van der Waals surface area contributed by atoms with Gasteiger partial charge >= 0.3 is 0 Å². The number of hydrogen-bond acceptors (Lipinski definition) is 12. The summed E-state index contributed by atoms with van der Waals surface area (Å²) in [6.07, 6.45) is 9.24. The van der Waals surface area contributed by atoms with Crippen LogP contribution >= 0.6 is 34.8 Å². The van der Waals surface area contributed by atoms with Crippen molar-refractivity contribution in [1.82, 2.24) is 60.0 Å². The van der Waals surface area contributed by atoms with Crippen LogP contribution in [-0.2, 0) is 64.0 Å². The topological polar surface area (TPSA) is 270 Å². The van der Waals surface area contributed by atoms with Crippen molar-refractivity contribution in [3.05, 3.63) is 32.8 Å². The van der Waals surface area contributed by atoms with Crippen LogP contribution in [0, 0.1) is 17.8 Å². The maximum Gasteiger partial charge on any atom is 0.248 e. The molecule has 5 fully saturated rings. The Kier molecular flexibility index (Phi) is 27.6. The van der Waals surface area contributed by atoms with E-state index in [4.69, 9.17) is 34.8 Å². The number of nitrogens with zero attached hydrogens (tertiary/aromatic N) is 9. The van der Waals surface area contributed by atoms with Gasteiger partial charge in [-0.1, -0.05) is 114 Å². The Balaban J connectivity index is 1.39. The molecule has 12 amide bonds. The van der Waals surface area contributed by atoms with Gasteiger partial charge in [-0.05, 0) is 107 Å². The minimum Gasteiger partial charge on any atom is -0.343 e. The number of nitrogens with one attached hydrogen (secondary N) is 3. The Bertz CT molecular complexity index is 2900. The average Bonchev–Trinajstić information content (AvgIpc) is 1.77. The maximum absolute atomic E-state index is 15.3. The second kappa shape index (κ2) is 33.9. The summed E-state index contributed by atoms with van der Waals surface area (Å²) in [6.45, 7) is 7.94. The number of carbonyl (C=O) groups is 12. The first-order chi connectivity index (χ1) is 43.8. The highest BCUT2D eigenvalue weighted by Gasteiger charge is 2.50. The van der Waals surface area contributed by atoms with Gasteiger partial charge in [0, 0.05) is 69.0 Å². The number of piperidine rings is 1. The third-order valence-corrected chi connectivity index (χ3v) is 21.3. The molecule has 2 saturated carbocycles. The summed E-state index contributed by atoms with van der Waals surface area (Å²) in [4.78, 5) is 187. The van der Waals surface area contributed by atoms with Gasteiger partial charge in [0.15, 0.2) is 0 Å². The molecule has 93 heavy (non-hydrogen) atoms. The number of benzene rings is 1. The van der Waals surface area contributed by atoms with Crippen LogP contribution in [0.15, 0.2) is 12.1 Å². The first kappa shape index (κ1) is 75.8. The minimum atomic E-state index is -1.52. The SMILES string of the molecule is CC[C@H](C)[C@@H]1NC(=O)[C@H](C)N(C)C(=O)C[C@@H](C(=O)N2CCCCC2)N(C)C(=O)[C@H](C(C)C)N(C)C(=O)C2(CCCC2)NC(=O)[C@@H]2CCCN2C(=O)[C@H](CCc2cc(Cl)c(Cl)c(Cl)c2)NC(=O)CN(C)C(=O)[C@H](CC2CCCCC2)N(C)C(=O)CN(C)C(=O)CN(C)C1=O. The highest BCUT2D eigenvalue weighted by molar-refractivity contribution is 6.48. The van der Waals surface area contributed by atoms with Crippen LogP contribution in [0.5, 0.6) is 0 Å². The normalized spacial score (nSPS) is 26.7. The van der Waals surface area contributed by atoms with E-state index in [1.807, 2.05) is 6.92 Å². The average molecular weight is 1360 g/mol. The van der Waals surface area contributed by atoms with E-state index in [-0.39, 0.29) is 66.1 Å². The van der Waals surface area contributed by atoms with Gasteiger partial charge in [-0.15, -0.1) is 0 Å². The molecular weight excluding hydrogens is 1260 g/mol. The molecule has 518 valence electrons. The van der Waals surface area contributed by atoms with E-state index in [9.17, 15) is 43.2 Å². The van der Waals surface area contributed by atoms with E-state index >= 15 is 14.4 Å². The molecule has 3 aliphatic heterocycles. The lowest BCUT2D eigenvalue weighted by Gasteiger charge is -2.41. The largest absolute Gasteiger partial charge is 0.343 e. The van der Waals surface area contributed by atoms with Crippen LogP contribution in [0.4, 0.5) is 0 Å². The Morgan fingerprint density at radius 2 is 1.20 bits per heavy atom. The number of likely N-dealkylation sites (N-methyl/N-ethyl adjacent to an activating group) is 7. The number of carbonyl (C=O) groups excluding carboxylic acids is 12. The summed E-state index contributed by atoms with van der Waals surface area (Å²) < 4.78 is 0. The molecule has 3 heterocycles. The molecule has 0 unspecified atom stereocenters. The molecule has 3 saturated heterocycles. The first-order valence-electron chi connectivity index (χ1n) is 33.3. The standard InChI is InChI=1S/C66H101Cl3N12O12/c1-13-41(4)56-63(91)75(8)38-53(84)73(6)39-54(85)77(10)49(35-43-23-16-14-17-24-43)61(89)74(7)37-51(82)70-47(27-26-44-33-45(67)55(69)46(68)34-44)60(88)81-32-22-25-48(81)59(87)72-66(28-18-19-29-66)65(93)79(12)57(40(2)3)64(92)78(11)50(62(90)80-30-20-15-21-31-80)36-52(83)76(9)42(5)58(86)71-56/h33-34,40-43,47-50,56-57H,13-32,35-39H2,1-12H3,(H,70,82)(H,71,86)(H,72,87)/t41-,42-,47-,48-,49-,50-,56-,57-/m0/s1. The van der Waals surface area contributed by atoms with E-state index in [1.165, 1.54) is 80.8 Å². The Hall–Kier alpha value is -6.27. The van der Waals surface area contributed by atoms with Gasteiger partial charge in [0.1, 0.15) is 47.8 Å². The summed E-state index contributed by atoms with van der Waals surface area (Å²) in [5, 5.41) is 9.21. The Morgan fingerprint density at radius 3 is 1.81 bits per heavy atom. The summed E-state index contributed by atoms with van der Waals surface area (Å²) in [5.41, 5.74) is -0.923. The number of fused-ring (bicyclic) bond motifs is 1. The van der Waals surface area contributed by atoms with Crippen LogP contribution < -0.4 is 16.0 Å². The highest BCUT2D eigenvalue weighted by atomic mass is 35.5. The Labute approximate surface area is 564 Å². The van der Waals surface area contributed by atoms with E-state index in [1.54, 1.807) is 37.8 Å². The van der Waals surface area contributed by atoms with Gasteiger partial charge in [-0.25, -0.2) is 0 Å². The number of likely N-dealkylation sites (tertiary alicyclic amines) is 1. The van der Waals surface area contributed by atoms with Crippen molar-refractivity contribution >= 4 is 106 Å². The maximum atomic E-state index is 15.3. The number of halogens is 3. The van der Waals surface area contributed by atoms with Gasteiger partial charge in [0.05, 0.1) is 41.1 Å². The molecule has 24 nitrogen and oxygen atoms in total. The van der Waals surface area contributed by atoms with E-state index < -0.39 is 157 Å². The molecule has 0 aromatic heterocycles. The third-order valence-electron chi connectivity index (χ3n) is 20.1. The van der Waals surface area contributed by atoms with Crippen LogP contribution in [0.2, 0.25) is 15.1 Å². The first-order valence-corrected chi connectivity index (χ1v) is 34.4. The third kappa shape index (κ3) is 18.8. The molecule has 2 aliphatic carbocycles. The van der Waals surface area contributed by atoms with E-state index in [0.29, 0.717) is 57.2 Å². The molecule has 1 spiro atoms. The van der Waals surface area contributed by atoms with Crippen LogP contribution in [0.1, 0.15) is 156 Å². The highest BCUT2D eigenvalue weighted by Crippen LogP contribution is 2.36. The molecule has 27 heteroatoms. The van der Waals surface area contributed by atoms with Gasteiger partial charge in [0.25, 0.3) is 0 Å². The van der Waals surface area contributed by atoms with Crippen molar-refractivity contribution in [1.29, 1.82) is 0 Å². The summed E-state index contributed by atoms with van der Waals surface area (Å²) in [5.74, 6) is -8.32. The molecule has 0 radical (unpaired) electrons. The zero-order valence-corrected chi connectivity index (χ0v) is 58.9. The van der Waals surface area contributed by atoms with E-state index in [0.717, 1.165) is 53.2 Å². The van der Waals surface area contributed by atoms with Crippen LogP contribution in [0.3, 0.4) is 0 Å². The number of hydrogen-bond donors (Lipinski definition) is 3. The second-order valence-corrected chi connectivity index (χ2v) is 28.3. The van der Waals surface area contributed by atoms with Crippen molar-refractivity contribution in [2.75, 3.05) is 88.6 Å². The van der Waals surface area contributed by atoms with Gasteiger partial charge in [-0.3, -0.25) is 57.5 Å². The fourth-order valence-electron chi connectivity index (χ4n) is 13.8. The van der Waals surface area contributed by atoms with Crippen molar-refractivity contribution in [2.24, 2.45) is 17.8 Å². The predicted octanol–water partition coefficient (Wildman–Crippen LogP) is 4.76. The van der Waals surface area contributed by atoms with E-state index in [2.05, 4.69) is 16.0 Å². The Morgan fingerprint density at radius 1 is 0.613 bits per heavy atom. The minimum absolute atomic E-state index is 0.0190.